The molecule has 3 saturated heterocycles. The minimum Gasteiger partial charge on any atom is -0.403 e. The Labute approximate surface area is 239 Å². The van der Waals surface area contributed by atoms with E-state index in [9.17, 15) is 13.7 Å². The smallest absolute Gasteiger partial charge is 0.175 e. The first-order valence-electron chi connectivity index (χ1n) is 13.3. The highest BCUT2D eigenvalue weighted by molar-refractivity contribution is 7.90. The van der Waals surface area contributed by atoms with Gasteiger partial charge in [-0.1, -0.05) is 12.1 Å². The van der Waals surface area contributed by atoms with Crippen LogP contribution >= 0.6 is 0 Å². The van der Waals surface area contributed by atoms with Gasteiger partial charge in [0.25, 0.3) is 0 Å². The number of aromatic nitrogens is 4. The maximum atomic E-state index is 11.8. The van der Waals surface area contributed by atoms with Crippen molar-refractivity contribution in [1.82, 2.24) is 24.6 Å². The third kappa shape index (κ3) is 5.19. The van der Waals surface area contributed by atoms with Crippen molar-refractivity contribution < 1.29 is 8.42 Å². The Morgan fingerprint density at radius 2 is 1.78 bits per heavy atom. The number of piperidine rings is 1. The normalized spacial score (nSPS) is 19.0. The topological polar surface area (TPSA) is 134 Å². The summed E-state index contributed by atoms with van der Waals surface area (Å²) >= 11 is 0. The Morgan fingerprint density at radius 3 is 2.37 bits per heavy atom. The van der Waals surface area contributed by atoms with Gasteiger partial charge < -0.3 is 10.6 Å². The molecule has 0 spiro atoms. The second kappa shape index (κ2) is 10.5. The maximum Gasteiger partial charge on any atom is 0.175 e. The summed E-state index contributed by atoms with van der Waals surface area (Å²) in [6.07, 6.45) is 10.9. The van der Waals surface area contributed by atoms with Gasteiger partial charge in [0.15, 0.2) is 9.84 Å². The third-order valence-electron chi connectivity index (χ3n) is 7.91. The van der Waals surface area contributed by atoms with Gasteiger partial charge in [0, 0.05) is 92.1 Å². The molecule has 2 bridgehead atoms. The van der Waals surface area contributed by atoms with E-state index in [1.165, 1.54) is 12.5 Å². The number of piperazine rings is 1. The second-order valence-corrected chi connectivity index (χ2v) is 12.7. The molecule has 0 radical (unpaired) electrons. The van der Waals surface area contributed by atoms with Crippen molar-refractivity contribution in [2.45, 2.75) is 29.9 Å². The number of aryl methyl sites for hydroxylation is 1. The summed E-state index contributed by atoms with van der Waals surface area (Å²) in [6, 6.07) is 16.2. The van der Waals surface area contributed by atoms with Crippen LogP contribution < -0.4 is 10.6 Å². The lowest BCUT2D eigenvalue weighted by Gasteiger charge is -2.56. The molecule has 1 aromatic carbocycles. The molecule has 11 heteroatoms. The van der Waals surface area contributed by atoms with Crippen molar-refractivity contribution in [2.75, 3.05) is 24.2 Å². The van der Waals surface area contributed by atoms with Gasteiger partial charge in [0.1, 0.15) is 11.9 Å². The summed E-state index contributed by atoms with van der Waals surface area (Å²) in [5, 5.41) is 13.9. The first-order valence-corrected chi connectivity index (χ1v) is 15.2. The van der Waals surface area contributed by atoms with Crippen LogP contribution in [0.25, 0.3) is 27.8 Å². The number of nitriles is 1. The van der Waals surface area contributed by atoms with Gasteiger partial charge in [0.05, 0.1) is 22.4 Å². The Hall–Kier alpha value is -4.53. The number of allylic oxidation sites excluding steroid dienone is 1. The van der Waals surface area contributed by atoms with E-state index < -0.39 is 9.84 Å². The zero-order valence-electron chi connectivity index (χ0n) is 22.8. The lowest BCUT2D eigenvalue weighted by atomic mass is 9.86. The molecule has 208 valence electrons. The van der Waals surface area contributed by atoms with Crippen LogP contribution in [0.5, 0.6) is 0 Å². The van der Waals surface area contributed by atoms with Crippen LogP contribution in [0.4, 0.5) is 5.82 Å². The molecule has 2 unspecified atom stereocenters. The zero-order chi connectivity index (χ0) is 28.7. The molecule has 3 aliphatic heterocycles. The Kier molecular flexibility index (Phi) is 6.81. The quantitative estimate of drug-likeness (QED) is 0.335. The number of hydrogen-bond acceptors (Lipinski definition) is 9. The molecule has 3 aliphatic rings. The van der Waals surface area contributed by atoms with Crippen molar-refractivity contribution in [3.05, 3.63) is 84.7 Å². The monoisotopic (exact) mass is 566 g/mol. The highest BCUT2D eigenvalue weighted by Crippen LogP contribution is 2.36. The van der Waals surface area contributed by atoms with Crippen LogP contribution in [0.2, 0.25) is 0 Å². The SMILES string of the molecule is Cn1cc(-c2cnc(C(C#N)=CN)c(-c3ccc(N4CC5CC(C4)N5Cc4ccc(S(C)(=O)=O)cc4)nc3)c2)cn1. The number of anilines is 1. The molecule has 2 atom stereocenters. The number of nitrogens with two attached hydrogens (primary N) is 1. The lowest BCUT2D eigenvalue weighted by molar-refractivity contribution is -0.00869. The van der Waals surface area contributed by atoms with Crippen LogP contribution in [0.15, 0.2) is 78.3 Å². The summed E-state index contributed by atoms with van der Waals surface area (Å²) < 4.78 is 25.3. The molecule has 4 aromatic rings. The number of pyridine rings is 2. The standard InChI is InChI=1S/C30H30N8O2S/c1-36-17-24(15-35-36)22-9-28(30(34-14-22)23(11-31)12-32)21-5-8-29(33-13-21)37-18-25-10-26(19-37)38(25)16-20-3-6-27(7-4-20)41(2,39)40/h3-9,11,13-15,17,25-26H,10,16,18-19,31H2,1-2H3. The molecule has 10 nitrogen and oxygen atoms in total. The van der Waals surface area contributed by atoms with Gasteiger partial charge in [-0.15, -0.1) is 0 Å². The van der Waals surface area contributed by atoms with Gasteiger partial charge in [0.2, 0.25) is 0 Å². The minimum atomic E-state index is -3.19. The van der Waals surface area contributed by atoms with E-state index in [2.05, 4.69) is 26.0 Å². The molecular weight excluding hydrogens is 536 g/mol. The Bertz CT molecular complexity index is 1760. The molecule has 3 fully saturated rings. The molecule has 0 amide bonds. The summed E-state index contributed by atoms with van der Waals surface area (Å²) in [5.74, 6) is 0.911. The third-order valence-corrected chi connectivity index (χ3v) is 9.04. The predicted octanol–water partition coefficient (Wildman–Crippen LogP) is 3.23. The number of sulfone groups is 1. The van der Waals surface area contributed by atoms with Gasteiger partial charge in [-0.05, 0) is 42.3 Å². The number of nitrogens with zero attached hydrogens (tertiary/aromatic N) is 7. The van der Waals surface area contributed by atoms with E-state index in [4.69, 9.17) is 10.7 Å². The molecule has 3 aromatic heterocycles. The molecule has 41 heavy (non-hydrogen) atoms. The molecule has 7 rings (SSSR count). The Morgan fingerprint density at radius 1 is 1.05 bits per heavy atom. The highest BCUT2D eigenvalue weighted by Gasteiger charge is 2.44. The van der Waals surface area contributed by atoms with Crippen LogP contribution in [0.3, 0.4) is 0 Å². The number of fused-ring (bicyclic) bond motifs is 2. The van der Waals surface area contributed by atoms with Crippen molar-refractivity contribution in [2.24, 2.45) is 12.8 Å². The predicted molar refractivity (Wildman–Crippen MR) is 157 cm³/mol. The van der Waals surface area contributed by atoms with Crippen molar-refractivity contribution in [3.63, 3.8) is 0 Å². The summed E-state index contributed by atoms with van der Waals surface area (Å²) in [4.78, 5) is 14.6. The van der Waals surface area contributed by atoms with Gasteiger partial charge in [-0.25, -0.2) is 13.4 Å². The molecule has 0 aliphatic carbocycles. The molecule has 0 saturated carbocycles. The second-order valence-electron chi connectivity index (χ2n) is 10.7. The van der Waals surface area contributed by atoms with E-state index in [0.29, 0.717) is 28.2 Å². The Balaban J connectivity index is 1.19. The van der Waals surface area contributed by atoms with Crippen molar-refractivity contribution in [3.8, 4) is 28.3 Å². The van der Waals surface area contributed by atoms with Gasteiger partial charge in [-0.2, -0.15) is 10.4 Å². The zero-order valence-corrected chi connectivity index (χ0v) is 23.7. The van der Waals surface area contributed by atoms with Crippen molar-refractivity contribution in [1.29, 1.82) is 5.26 Å². The summed E-state index contributed by atoms with van der Waals surface area (Å²) in [6.45, 7) is 2.56. The fourth-order valence-electron chi connectivity index (χ4n) is 5.71. The fraction of sp³-hybridized carbons (Fsp3) is 0.267. The summed E-state index contributed by atoms with van der Waals surface area (Å²) in [5.41, 5.74) is 11.1. The van der Waals surface area contributed by atoms with E-state index in [1.54, 1.807) is 29.2 Å². The van der Waals surface area contributed by atoms with Crippen LogP contribution in [0.1, 0.15) is 17.7 Å². The van der Waals surface area contributed by atoms with Crippen LogP contribution in [-0.4, -0.2) is 64.5 Å². The largest absolute Gasteiger partial charge is 0.403 e. The minimum absolute atomic E-state index is 0.295. The molecular formula is C30H30N8O2S. The first-order chi connectivity index (χ1) is 19.7. The molecule has 2 N–H and O–H groups in total. The summed E-state index contributed by atoms with van der Waals surface area (Å²) in [7, 11) is -1.33. The lowest BCUT2D eigenvalue weighted by Crippen LogP contribution is -2.68. The molecule has 6 heterocycles. The number of rotatable bonds is 7. The number of hydrogen-bond donors (Lipinski definition) is 1. The fourth-order valence-corrected chi connectivity index (χ4v) is 6.34. The van der Waals surface area contributed by atoms with E-state index in [1.807, 2.05) is 49.8 Å². The van der Waals surface area contributed by atoms with Gasteiger partial charge >= 0.3 is 0 Å². The van der Waals surface area contributed by atoms with E-state index in [-0.39, 0.29) is 0 Å². The van der Waals surface area contributed by atoms with Gasteiger partial charge in [-0.3, -0.25) is 14.6 Å². The average Bonchev–Trinajstić information content (AvgIpc) is 3.43. The highest BCUT2D eigenvalue weighted by atomic mass is 32.2. The van der Waals surface area contributed by atoms with Crippen molar-refractivity contribution >= 4 is 21.2 Å². The average molecular weight is 567 g/mol. The maximum absolute atomic E-state index is 11.8. The van der Waals surface area contributed by atoms with Crippen LogP contribution in [-0.2, 0) is 23.4 Å². The number of benzene rings is 1. The van der Waals surface area contributed by atoms with Crippen LogP contribution in [0, 0.1) is 11.3 Å². The first kappa shape index (κ1) is 26.7. The van der Waals surface area contributed by atoms with E-state index >= 15 is 0 Å². The van der Waals surface area contributed by atoms with E-state index in [0.717, 1.165) is 59.7 Å².